The summed E-state index contributed by atoms with van der Waals surface area (Å²) < 4.78 is 0. The Morgan fingerprint density at radius 1 is 1.18 bits per heavy atom. The molecule has 0 aromatic rings. The fraction of sp³-hybridized carbons (Fsp3) is 0.846. The summed E-state index contributed by atoms with van der Waals surface area (Å²) in [4.78, 5) is 24.8. The zero-order chi connectivity index (χ0) is 12.4. The average Bonchev–Trinajstić information content (AvgIpc) is 2.27. The van der Waals surface area contributed by atoms with Gasteiger partial charge in [-0.15, -0.1) is 0 Å². The Bertz CT molecular complexity index is 304. The van der Waals surface area contributed by atoms with Gasteiger partial charge in [-0.25, -0.2) is 0 Å². The smallest absolute Gasteiger partial charge is 0.306 e. The summed E-state index contributed by atoms with van der Waals surface area (Å²) in [5, 5.41) is 8.89. The monoisotopic (exact) mass is 239 g/mol. The van der Waals surface area contributed by atoms with E-state index in [1.165, 1.54) is 19.3 Å². The van der Waals surface area contributed by atoms with Gasteiger partial charge in [0.2, 0.25) is 5.91 Å². The molecule has 4 nitrogen and oxygen atoms in total. The molecule has 1 aliphatic heterocycles. The third-order valence-corrected chi connectivity index (χ3v) is 4.27. The van der Waals surface area contributed by atoms with Gasteiger partial charge in [0.15, 0.2) is 0 Å². The van der Waals surface area contributed by atoms with Crippen LogP contribution in [0.2, 0.25) is 0 Å². The third-order valence-electron chi connectivity index (χ3n) is 4.27. The van der Waals surface area contributed by atoms with Crippen LogP contribution in [0.15, 0.2) is 0 Å². The highest BCUT2D eigenvalue weighted by Crippen LogP contribution is 2.30. The number of rotatable bonds is 3. The van der Waals surface area contributed by atoms with E-state index in [2.05, 4.69) is 0 Å². The molecule has 2 aliphatic rings. The van der Waals surface area contributed by atoms with E-state index in [0.717, 1.165) is 12.8 Å². The average molecular weight is 239 g/mol. The molecule has 1 saturated heterocycles. The Balaban J connectivity index is 1.78. The molecule has 2 rings (SSSR count). The van der Waals surface area contributed by atoms with Gasteiger partial charge in [-0.3, -0.25) is 9.59 Å². The Hall–Kier alpha value is -1.06. The fourth-order valence-corrected chi connectivity index (χ4v) is 2.82. The third kappa shape index (κ3) is 2.61. The van der Waals surface area contributed by atoms with E-state index in [9.17, 15) is 9.59 Å². The quantitative estimate of drug-likeness (QED) is 0.816. The predicted molar refractivity (Wildman–Crippen MR) is 63.4 cm³/mol. The number of carboxylic acid groups (broad SMARTS) is 1. The molecule has 1 amide bonds. The molecule has 1 aliphatic carbocycles. The fourth-order valence-electron chi connectivity index (χ4n) is 2.82. The number of aliphatic carboxylic acids is 1. The Morgan fingerprint density at radius 2 is 1.76 bits per heavy atom. The highest BCUT2D eigenvalue weighted by Gasteiger charge is 2.39. The molecular weight excluding hydrogens is 218 g/mol. The summed E-state index contributed by atoms with van der Waals surface area (Å²) >= 11 is 0. The maximum Gasteiger partial charge on any atom is 0.306 e. The zero-order valence-corrected chi connectivity index (χ0v) is 10.4. The van der Waals surface area contributed by atoms with E-state index in [4.69, 9.17) is 5.11 Å². The lowest BCUT2D eigenvalue weighted by Gasteiger charge is -2.43. The number of carbonyl (C=O) groups is 2. The van der Waals surface area contributed by atoms with E-state index in [0.29, 0.717) is 13.1 Å². The van der Waals surface area contributed by atoms with Gasteiger partial charge in [0.05, 0.1) is 5.92 Å². The summed E-state index contributed by atoms with van der Waals surface area (Å²) in [6.45, 7) is 3.01. The minimum atomic E-state index is -0.750. The molecule has 0 radical (unpaired) electrons. The molecular formula is C13H21NO3. The van der Waals surface area contributed by atoms with Gasteiger partial charge in [0.1, 0.15) is 0 Å². The van der Waals surface area contributed by atoms with Gasteiger partial charge >= 0.3 is 5.97 Å². The molecule has 1 N–H and O–H groups in total. The van der Waals surface area contributed by atoms with Crippen molar-refractivity contribution in [2.24, 2.45) is 17.8 Å². The molecule has 0 bridgehead atoms. The van der Waals surface area contributed by atoms with E-state index in [1.54, 1.807) is 6.92 Å². The second-order valence-electron chi connectivity index (χ2n) is 5.47. The van der Waals surface area contributed by atoms with Crippen LogP contribution in [0.5, 0.6) is 0 Å². The number of carboxylic acids is 1. The first kappa shape index (κ1) is 12.4. The summed E-state index contributed by atoms with van der Waals surface area (Å²) in [7, 11) is 0. The first-order valence-corrected chi connectivity index (χ1v) is 6.61. The lowest BCUT2D eigenvalue weighted by molar-refractivity contribution is -0.152. The molecule has 96 valence electrons. The van der Waals surface area contributed by atoms with E-state index in [1.807, 2.05) is 4.90 Å². The van der Waals surface area contributed by atoms with Gasteiger partial charge in [-0.05, 0) is 12.8 Å². The standard InChI is InChI=1S/C13H21NO3/c1-9(13(16)17)11-7-14(8-11)12(15)10-5-3-2-4-6-10/h9-11H,2-8H2,1H3,(H,16,17). The van der Waals surface area contributed by atoms with Gasteiger partial charge in [-0.1, -0.05) is 26.2 Å². The summed E-state index contributed by atoms with van der Waals surface area (Å²) in [5.41, 5.74) is 0. The number of hydrogen-bond donors (Lipinski definition) is 1. The molecule has 2 fully saturated rings. The Morgan fingerprint density at radius 3 is 2.29 bits per heavy atom. The normalized spacial score (nSPS) is 24.2. The number of likely N-dealkylation sites (tertiary alicyclic amines) is 1. The van der Waals surface area contributed by atoms with Gasteiger partial charge in [0, 0.05) is 24.9 Å². The van der Waals surface area contributed by atoms with Crippen LogP contribution in [-0.4, -0.2) is 35.0 Å². The van der Waals surface area contributed by atoms with Crippen molar-refractivity contribution < 1.29 is 14.7 Å². The van der Waals surface area contributed by atoms with Crippen molar-refractivity contribution in [3.05, 3.63) is 0 Å². The van der Waals surface area contributed by atoms with Crippen molar-refractivity contribution in [1.29, 1.82) is 0 Å². The summed E-state index contributed by atoms with van der Waals surface area (Å²) in [6, 6.07) is 0. The minimum Gasteiger partial charge on any atom is -0.481 e. The van der Waals surface area contributed by atoms with Crippen molar-refractivity contribution in [1.82, 2.24) is 4.90 Å². The Kier molecular flexibility index (Phi) is 3.69. The predicted octanol–water partition coefficient (Wildman–Crippen LogP) is 1.75. The lowest BCUT2D eigenvalue weighted by Crippen LogP contribution is -2.55. The molecule has 0 aromatic heterocycles. The van der Waals surface area contributed by atoms with Crippen molar-refractivity contribution in [2.75, 3.05) is 13.1 Å². The summed E-state index contributed by atoms with van der Waals surface area (Å²) in [6.07, 6.45) is 5.63. The topological polar surface area (TPSA) is 57.6 Å². The highest BCUT2D eigenvalue weighted by molar-refractivity contribution is 5.80. The van der Waals surface area contributed by atoms with E-state index >= 15 is 0 Å². The number of nitrogens with zero attached hydrogens (tertiary/aromatic N) is 1. The van der Waals surface area contributed by atoms with Crippen molar-refractivity contribution >= 4 is 11.9 Å². The molecule has 1 atom stereocenters. The number of hydrogen-bond acceptors (Lipinski definition) is 2. The van der Waals surface area contributed by atoms with E-state index in [-0.39, 0.29) is 23.7 Å². The lowest BCUT2D eigenvalue weighted by atomic mass is 9.83. The van der Waals surface area contributed by atoms with Crippen LogP contribution < -0.4 is 0 Å². The molecule has 17 heavy (non-hydrogen) atoms. The number of amides is 1. The zero-order valence-electron chi connectivity index (χ0n) is 10.4. The minimum absolute atomic E-state index is 0.153. The SMILES string of the molecule is CC(C(=O)O)C1CN(C(=O)C2CCCCC2)C1. The van der Waals surface area contributed by atoms with Gasteiger partial charge in [0.25, 0.3) is 0 Å². The molecule has 1 unspecified atom stereocenters. The largest absolute Gasteiger partial charge is 0.481 e. The van der Waals surface area contributed by atoms with Crippen LogP contribution in [0.25, 0.3) is 0 Å². The van der Waals surface area contributed by atoms with Crippen LogP contribution >= 0.6 is 0 Å². The first-order valence-electron chi connectivity index (χ1n) is 6.61. The van der Waals surface area contributed by atoms with Gasteiger partial charge < -0.3 is 10.0 Å². The van der Waals surface area contributed by atoms with Crippen molar-refractivity contribution in [3.8, 4) is 0 Å². The van der Waals surface area contributed by atoms with Crippen LogP contribution in [0.4, 0.5) is 0 Å². The maximum absolute atomic E-state index is 12.1. The molecule has 4 heteroatoms. The van der Waals surface area contributed by atoms with E-state index < -0.39 is 5.97 Å². The molecule has 0 spiro atoms. The maximum atomic E-state index is 12.1. The van der Waals surface area contributed by atoms with Crippen molar-refractivity contribution in [2.45, 2.75) is 39.0 Å². The molecule has 1 saturated carbocycles. The van der Waals surface area contributed by atoms with Crippen LogP contribution in [0.3, 0.4) is 0 Å². The first-order chi connectivity index (χ1) is 8.09. The van der Waals surface area contributed by atoms with Crippen LogP contribution in [0, 0.1) is 17.8 Å². The van der Waals surface area contributed by atoms with Crippen molar-refractivity contribution in [3.63, 3.8) is 0 Å². The van der Waals surface area contributed by atoms with Crippen LogP contribution in [0.1, 0.15) is 39.0 Å². The second kappa shape index (κ2) is 5.07. The number of carbonyl (C=O) groups excluding carboxylic acids is 1. The van der Waals surface area contributed by atoms with Crippen LogP contribution in [-0.2, 0) is 9.59 Å². The van der Waals surface area contributed by atoms with Gasteiger partial charge in [-0.2, -0.15) is 0 Å². The summed E-state index contributed by atoms with van der Waals surface area (Å²) in [5.74, 6) is -0.450. The Labute approximate surface area is 102 Å². The molecule has 0 aromatic carbocycles. The highest BCUT2D eigenvalue weighted by atomic mass is 16.4. The second-order valence-corrected chi connectivity index (χ2v) is 5.47. The molecule has 1 heterocycles.